The summed E-state index contributed by atoms with van der Waals surface area (Å²) in [6.45, 7) is 1.95. The topological polar surface area (TPSA) is 46.5 Å². The minimum Gasteiger partial charge on any atom is -0.496 e. The van der Waals surface area contributed by atoms with E-state index in [0.717, 1.165) is 5.56 Å². The standard InChI is InChI=1S/C18H16O3/c1-4-18(20,15-7-5-13(2)6-8-15)16-9-10-17(21-3)14(11-16)12-19/h1,5-12,20H,2-3H3. The van der Waals surface area contributed by atoms with Crippen molar-refractivity contribution < 1.29 is 14.6 Å². The van der Waals surface area contributed by atoms with Crippen LogP contribution in [0.4, 0.5) is 0 Å². The van der Waals surface area contributed by atoms with Crippen molar-refractivity contribution in [1.29, 1.82) is 0 Å². The zero-order valence-corrected chi connectivity index (χ0v) is 12.0. The zero-order valence-electron chi connectivity index (χ0n) is 12.0. The average Bonchev–Trinajstić information content (AvgIpc) is 2.54. The number of carbonyl (C=O) groups excluding carboxylic acids is 1. The van der Waals surface area contributed by atoms with E-state index in [2.05, 4.69) is 5.92 Å². The quantitative estimate of drug-likeness (QED) is 0.692. The van der Waals surface area contributed by atoms with Gasteiger partial charge in [0.2, 0.25) is 0 Å². The van der Waals surface area contributed by atoms with Gasteiger partial charge in [-0.2, -0.15) is 0 Å². The molecule has 0 aliphatic carbocycles. The highest BCUT2D eigenvalue weighted by Gasteiger charge is 2.29. The van der Waals surface area contributed by atoms with E-state index in [9.17, 15) is 9.90 Å². The highest BCUT2D eigenvalue weighted by Crippen LogP contribution is 2.31. The molecule has 2 aromatic carbocycles. The summed E-state index contributed by atoms with van der Waals surface area (Å²) in [7, 11) is 1.48. The van der Waals surface area contributed by atoms with Crippen LogP contribution in [0.1, 0.15) is 27.0 Å². The smallest absolute Gasteiger partial charge is 0.176 e. The lowest BCUT2D eigenvalue weighted by molar-refractivity contribution is 0.111. The second kappa shape index (κ2) is 5.82. The van der Waals surface area contributed by atoms with Gasteiger partial charge in [0.1, 0.15) is 5.75 Å². The molecule has 0 saturated heterocycles. The molecule has 0 aromatic heterocycles. The van der Waals surface area contributed by atoms with Gasteiger partial charge in [-0.1, -0.05) is 41.8 Å². The van der Waals surface area contributed by atoms with Crippen LogP contribution >= 0.6 is 0 Å². The van der Waals surface area contributed by atoms with Crippen molar-refractivity contribution in [2.24, 2.45) is 0 Å². The molecule has 0 spiro atoms. The van der Waals surface area contributed by atoms with Crippen LogP contribution in [0, 0.1) is 19.3 Å². The molecule has 21 heavy (non-hydrogen) atoms. The maximum absolute atomic E-state index is 11.1. The minimum atomic E-state index is -1.59. The average molecular weight is 280 g/mol. The normalized spacial score (nSPS) is 13.0. The zero-order chi connectivity index (χ0) is 15.5. The third-order valence-corrected chi connectivity index (χ3v) is 3.45. The molecular formula is C18H16O3. The Morgan fingerprint density at radius 3 is 2.33 bits per heavy atom. The summed E-state index contributed by atoms with van der Waals surface area (Å²) in [5, 5.41) is 10.8. The molecule has 1 unspecified atom stereocenters. The van der Waals surface area contributed by atoms with Gasteiger partial charge in [-0.15, -0.1) is 6.42 Å². The number of hydrogen-bond acceptors (Lipinski definition) is 3. The van der Waals surface area contributed by atoms with E-state index in [-0.39, 0.29) is 0 Å². The summed E-state index contributed by atoms with van der Waals surface area (Å²) >= 11 is 0. The van der Waals surface area contributed by atoms with Gasteiger partial charge < -0.3 is 9.84 Å². The minimum absolute atomic E-state index is 0.343. The Labute approximate surface area is 124 Å². The highest BCUT2D eigenvalue weighted by atomic mass is 16.5. The van der Waals surface area contributed by atoms with E-state index in [1.54, 1.807) is 30.3 Å². The molecule has 106 valence electrons. The van der Waals surface area contributed by atoms with E-state index in [4.69, 9.17) is 11.2 Å². The summed E-state index contributed by atoms with van der Waals surface area (Å²) in [6, 6.07) is 12.1. The molecule has 0 saturated carbocycles. The fourth-order valence-electron chi connectivity index (χ4n) is 2.18. The van der Waals surface area contributed by atoms with Gasteiger partial charge in [0.25, 0.3) is 0 Å². The van der Waals surface area contributed by atoms with Gasteiger partial charge in [-0.05, 0) is 19.1 Å². The Kier molecular flexibility index (Phi) is 4.11. The van der Waals surface area contributed by atoms with Gasteiger partial charge in [0.15, 0.2) is 11.9 Å². The lowest BCUT2D eigenvalue weighted by Gasteiger charge is -2.24. The third-order valence-electron chi connectivity index (χ3n) is 3.45. The Bertz CT molecular complexity index is 695. The van der Waals surface area contributed by atoms with Crippen molar-refractivity contribution in [3.05, 3.63) is 64.7 Å². The fourth-order valence-corrected chi connectivity index (χ4v) is 2.18. The SMILES string of the molecule is C#CC(O)(c1ccc(C)cc1)c1ccc(OC)c(C=O)c1. The van der Waals surface area contributed by atoms with E-state index < -0.39 is 5.60 Å². The molecule has 2 rings (SSSR count). The van der Waals surface area contributed by atoms with Crippen molar-refractivity contribution in [3.8, 4) is 18.1 Å². The van der Waals surface area contributed by atoms with Crippen LogP contribution in [0.3, 0.4) is 0 Å². The van der Waals surface area contributed by atoms with Crippen molar-refractivity contribution >= 4 is 6.29 Å². The van der Waals surface area contributed by atoms with E-state index >= 15 is 0 Å². The summed E-state index contributed by atoms with van der Waals surface area (Å²) in [5.74, 6) is 2.86. The molecule has 0 aliphatic heterocycles. The van der Waals surface area contributed by atoms with E-state index in [0.29, 0.717) is 28.7 Å². The number of benzene rings is 2. The summed E-state index contributed by atoms with van der Waals surface area (Å²) in [4.78, 5) is 11.1. The van der Waals surface area contributed by atoms with Gasteiger partial charge in [0, 0.05) is 11.1 Å². The van der Waals surface area contributed by atoms with Crippen molar-refractivity contribution in [2.45, 2.75) is 12.5 Å². The second-order valence-corrected chi connectivity index (χ2v) is 4.80. The van der Waals surface area contributed by atoms with Crippen LogP contribution in [0.25, 0.3) is 0 Å². The first kappa shape index (κ1) is 14.8. The molecule has 3 nitrogen and oxygen atoms in total. The number of aryl methyl sites for hydroxylation is 1. The Balaban J connectivity index is 2.58. The molecule has 0 amide bonds. The Morgan fingerprint density at radius 1 is 1.19 bits per heavy atom. The highest BCUT2D eigenvalue weighted by molar-refractivity contribution is 5.80. The van der Waals surface area contributed by atoms with Crippen molar-refractivity contribution in [3.63, 3.8) is 0 Å². The van der Waals surface area contributed by atoms with Crippen LogP contribution in [-0.4, -0.2) is 18.5 Å². The first-order valence-electron chi connectivity index (χ1n) is 6.46. The maximum Gasteiger partial charge on any atom is 0.176 e. The molecule has 1 atom stereocenters. The lowest BCUT2D eigenvalue weighted by atomic mass is 9.86. The Hall–Kier alpha value is -2.57. The second-order valence-electron chi connectivity index (χ2n) is 4.80. The first-order valence-corrected chi connectivity index (χ1v) is 6.46. The largest absolute Gasteiger partial charge is 0.496 e. The number of methoxy groups -OCH3 is 1. The molecule has 0 radical (unpaired) electrons. The van der Waals surface area contributed by atoms with E-state index in [1.165, 1.54) is 7.11 Å². The molecule has 1 N–H and O–H groups in total. The Morgan fingerprint density at radius 2 is 1.81 bits per heavy atom. The van der Waals surface area contributed by atoms with Gasteiger partial charge in [-0.25, -0.2) is 0 Å². The molecule has 0 heterocycles. The summed E-state index contributed by atoms with van der Waals surface area (Å²) in [6.07, 6.45) is 6.23. The lowest BCUT2D eigenvalue weighted by Crippen LogP contribution is -2.25. The number of terminal acetylenes is 1. The van der Waals surface area contributed by atoms with Crippen LogP contribution in [-0.2, 0) is 5.60 Å². The molecule has 0 fully saturated rings. The van der Waals surface area contributed by atoms with Gasteiger partial charge in [0.05, 0.1) is 12.7 Å². The fraction of sp³-hybridized carbons (Fsp3) is 0.167. The number of aldehydes is 1. The molecular weight excluding hydrogens is 264 g/mol. The summed E-state index contributed by atoms with van der Waals surface area (Å²) in [5.41, 5.74) is 0.865. The van der Waals surface area contributed by atoms with Crippen molar-refractivity contribution in [1.82, 2.24) is 0 Å². The maximum atomic E-state index is 11.1. The molecule has 2 aromatic rings. The molecule has 0 bridgehead atoms. The van der Waals surface area contributed by atoms with E-state index in [1.807, 2.05) is 19.1 Å². The van der Waals surface area contributed by atoms with Gasteiger partial charge in [-0.3, -0.25) is 4.79 Å². The molecule has 3 heteroatoms. The third kappa shape index (κ3) is 2.67. The number of carbonyl (C=O) groups is 1. The monoisotopic (exact) mass is 280 g/mol. The predicted molar refractivity (Wildman–Crippen MR) is 81.4 cm³/mol. The predicted octanol–water partition coefficient (Wildman–Crippen LogP) is 2.69. The first-order chi connectivity index (χ1) is 10.0. The van der Waals surface area contributed by atoms with Gasteiger partial charge >= 0.3 is 0 Å². The number of rotatable bonds is 4. The van der Waals surface area contributed by atoms with Crippen LogP contribution < -0.4 is 4.74 Å². The van der Waals surface area contributed by atoms with Crippen LogP contribution in [0.2, 0.25) is 0 Å². The van der Waals surface area contributed by atoms with Crippen molar-refractivity contribution in [2.75, 3.05) is 7.11 Å². The number of hydrogen-bond donors (Lipinski definition) is 1. The van der Waals surface area contributed by atoms with Crippen LogP contribution in [0.5, 0.6) is 5.75 Å². The number of ether oxygens (including phenoxy) is 1. The molecule has 0 aliphatic rings. The van der Waals surface area contributed by atoms with Crippen LogP contribution in [0.15, 0.2) is 42.5 Å². The number of aliphatic hydroxyl groups is 1. The summed E-state index contributed by atoms with van der Waals surface area (Å²) < 4.78 is 5.09.